The first-order valence-electron chi connectivity index (χ1n) is 10.1. The van der Waals surface area contributed by atoms with Gasteiger partial charge in [-0.1, -0.05) is 24.3 Å². The average Bonchev–Trinajstić information content (AvgIpc) is 2.82. The van der Waals surface area contributed by atoms with Gasteiger partial charge in [0.25, 0.3) is 11.8 Å². The van der Waals surface area contributed by atoms with Gasteiger partial charge in [0.15, 0.2) is 0 Å². The molecule has 7 nitrogen and oxygen atoms in total. The maximum absolute atomic E-state index is 14.3. The molecule has 4 rings (SSSR count). The number of carbonyl (C=O) groups excluding carboxylic acids is 3. The Morgan fingerprint density at radius 1 is 0.971 bits per heavy atom. The van der Waals surface area contributed by atoms with E-state index in [2.05, 4.69) is 0 Å². The summed E-state index contributed by atoms with van der Waals surface area (Å²) in [5.41, 5.74) is 0.187. The minimum atomic E-state index is -1.06. The number of methoxy groups -OCH3 is 1. The summed E-state index contributed by atoms with van der Waals surface area (Å²) in [6, 6.07) is 14.7. The smallest absolute Gasteiger partial charge is 0.336 e. The highest BCUT2D eigenvalue weighted by Crippen LogP contribution is 2.30. The van der Waals surface area contributed by atoms with Gasteiger partial charge in [-0.05, 0) is 48.0 Å². The summed E-state index contributed by atoms with van der Waals surface area (Å²) < 4.78 is 38.8. The van der Waals surface area contributed by atoms with Crippen LogP contribution in [0, 0.1) is 11.6 Å². The van der Waals surface area contributed by atoms with Crippen LogP contribution < -0.4 is 19.7 Å². The van der Waals surface area contributed by atoms with Crippen LogP contribution in [0.15, 0.2) is 72.3 Å². The molecular weight excluding hydrogens is 446 g/mol. The predicted octanol–water partition coefficient (Wildman–Crippen LogP) is 4.22. The number of para-hydroxylation sites is 1. The van der Waals surface area contributed by atoms with Crippen molar-refractivity contribution >= 4 is 29.6 Å². The number of rotatable bonds is 6. The van der Waals surface area contributed by atoms with Crippen LogP contribution in [0.5, 0.6) is 11.5 Å². The zero-order valence-electron chi connectivity index (χ0n) is 17.9. The Bertz CT molecular complexity index is 1320. The summed E-state index contributed by atoms with van der Waals surface area (Å²) in [6.07, 6.45) is 1.23. The number of nitrogens with one attached hydrogen (secondary N) is 1. The standard InChI is InChI=1S/C25H18F2N2O5/c1-33-18-10-9-16(22(13-18)34-14-15-5-4-6-17(26)11-15)12-19-23(30)28-25(32)29(24(19)31)21-8-3-2-7-20(21)27/h2-13H,14H2,1H3,(H,28,30,32)/b19-12-. The van der Waals surface area contributed by atoms with E-state index in [4.69, 9.17) is 9.47 Å². The SMILES string of the molecule is COc1ccc(/C=C2/C(=O)NC(=O)N(c3ccccc3F)C2=O)c(OCc2cccc(F)c2)c1. The molecule has 0 bridgehead atoms. The molecule has 0 spiro atoms. The van der Waals surface area contributed by atoms with Gasteiger partial charge in [-0.3, -0.25) is 14.9 Å². The van der Waals surface area contributed by atoms with E-state index in [1.54, 1.807) is 24.3 Å². The van der Waals surface area contributed by atoms with E-state index >= 15 is 0 Å². The first kappa shape index (κ1) is 22.7. The van der Waals surface area contributed by atoms with Crippen LogP contribution in [0.25, 0.3) is 6.08 Å². The lowest BCUT2D eigenvalue weighted by molar-refractivity contribution is -0.122. The molecule has 1 saturated heterocycles. The van der Waals surface area contributed by atoms with Gasteiger partial charge in [0.1, 0.15) is 35.3 Å². The predicted molar refractivity (Wildman–Crippen MR) is 119 cm³/mol. The van der Waals surface area contributed by atoms with Gasteiger partial charge < -0.3 is 9.47 Å². The van der Waals surface area contributed by atoms with E-state index in [1.807, 2.05) is 5.32 Å². The molecule has 0 saturated carbocycles. The quantitative estimate of drug-likeness (QED) is 0.436. The lowest BCUT2D eigenvalue weighted by Gasteiger charge is -2.26. The van der Waals surface area contributed by atoms with Gasteiger partial charge in [0.05, 0.1) is 12.8 Å². The van der Waals surface area contributed by atoms with Crippen LogP contribution in [-0.2, 0) is 16.2 Å². The van der Waals surface area contributed by atoms with Crippen LogP contribution >= 0.6 is 0 Å². The van der Waals surface area contributed by atoms with E-state index in [1.165, 1.54) is 49.6 Å². The minimum absolute atomic E-state index is 0.00107. The zero-order chi connectivity index (χ0) is 24.2. The number of urea groups is 1. The molecule has 0 atom stereocenters. The molecule has 9 heteroatoms. The number of imide groups is 2. The van der Waals surface area contributed by atoms with Crippen molar-refractivity contribution in [3.05, 3.63) is 95.1 Å². The highest BCUT2D eigenvalue weighted by atomic mass is 19.1. The number of anilines is 1. The van der Waals surface area contributed by atoms with Gasteiger partial charge in [0, 0.05) is 11.6 Å². The van der Waals surface area contributed by atoms with E-state index < -0.39 is 35.1 Å². The van der Waals surface area contributed by atoms with Crippen LogP contribution in [0.3, 0.4) is 0 Å². The van der Waals surface area contributed by atoms with E-state index in [0.29, 0.717) is 21.8 Å². The van der Waals surface area contributed by atoms with Crippen molar-refractivity contribution in [3.63, 3.8) is 0 Å². The third kappa shape index (κ3) is 4.63. The maximum atomic E-state index is 14.3. The number of hydrogen-bond donors (Lipinski definition) is 1. The summed E-state index contributed by atoms with van der Waals surface area (Å²) >= 11 is 0. The van der Waals surface area contributed by atoms with Gasteiger partial charge in [-0.2, -0.15) is 0 Å². The monoisotopic (exact) mass is 464 g/mol. The number of barbiturate groups is 1. The van der Waals surface area contributed by atoms with Gasteiger partial charge >= 0.3 is 6.03 Å². The lowest BCUT2D eigenvalue weighted by atomic mass is 10.1. The van der Waals surface area contributed by atoms with Crippen molar-refractivity contribution < 1.29 is 32.6 Å². The molecule has 0 unspecified atom stereocenters. The minimum Gasteiger partial charge on any atom is -0.497 e. The molecule has 172 valence electrons. The normalized spacial score (nSPS) is 14.9. The molecule has 3 aromatic rings. The van der Waals surface area contributed by atoms with E-state index in [-0.39, 0.29) is 18.0 Å². The third-order valence-corrected chi connectivity index (χ3v) is 5.00. The van der Waals surface area contributed by atoms with Crippen LogP contribution in [0.1, 0.15) is 11.1 Å². The van der Waals surface area contributed by atoms with Gasteiger partial charge in [-0.15, -0.1) is 0 Å². The summed E-state index contributed by atoms with van der Waals surface area (Å²) in [5.74, 6) is -2.47. The van der Waals surface area contributed by atoms with Crippen molar-refractivity contribution in [2.45, 2.75) is 6.61 Å². The first-order chi connectivity index (χ1) is 16.4. The fourth-order valence-electron chi connectivity index (χ4n) is 3.34. The number of benzene rings is 3. The average molecular weight is 464 g/mol. The second-order valence-electron chi connectivity index (χ2n) is 7.23. The number of hydrogen-bond acceptors (Lipinski definition) is 5. The molecule has 0 radical (unpaired) electrons. The molecule has 3 aromatic carbocycles. The second-order valence-corrected chi connectivity index (χ2v) is 7.23. The molecule has 1 aliphatic rings. The Labute approximate surface area is 193 Å². The number of nitrogens with zero attached hydrogens (tertiary/aromatic N) is 1. The molecular formula is C25H18F2N2O5. The van der Waals surface area contributed by atoms with Crippen molar-refractivity contribution in [1.82, 2.24) is 5.32 Å². The molecule has 1 fully saturated rings. The van der Waals surface area contributed by atoms with Crippen LogP contribution in [0.4, 0.5) is 19.3 Å². The summed E-state index contributed by atoms with van der Waals surface area (Å²) in [6.45, 7) is 0.00107. The van der Waals surface area contributed by atoms with Crippen LogP contribution in [0.2, 0.25) is 0 Å². The Kier molecular flexibility index (Phi) is 6.35. The number of amides is 4. The topological polar surface area (TPSA) is 84.9 Å². The van der Waals surface area contributed by atoms with Crippen molar-refractivity contribution in [2.75, 3.05) is 12.0 Å². The van der Waals surface area contributed by atoms with Crippen molar-refractivity contribution in [2.24, 2.45) is 0 Å². The van der Waals surface area contributed by atoms with Crippen molar-refractivity contribution in [1.29, 1.82) is 0 Å². The first-order valence-corrected chi connectivity index (χ1v) is 10.1. The molecule has 4 amide bonds. The molecule has 1 heterocycles. The summed E-state index contributed by atoms with van der Waals surface area (Å²) in [5, 5.41) is 2.05. The number of carbonyl (C=O) groups is 3. The van der Waals surface area contributed by atoms with Crippen molar-refractivity contribution in [3.8, 4) is 11.5 Å². The number of halogens is 2. The fraction of sp³-hybridized carbons (Fsp3) is 0.0800. The Morgan fingerprint density at radius 3 is 2.50 bits per heavy atom. The Balaban J connectivity index is 1.70. The maximum Gasteiger partial charge on any atom is 0.336 e. The lowest BCUT2D eigenvalue weighted by Crippen LogP contribution is -2.54. The Morgan fingerprint density at radius 2 is 1.76 bits per heavy atom. The molecule has 0 aliphatic carbocycles. The van der Waals surface area contributed by atoms with Gasteiger partial charge in [0.2, 0.25) is 0 Å². The highest BCUT2D eigenvalue weighted by molar-refractivity contribution is 6.39. The zero-order valence-corrected chi connectivity index (χ0v) is 17.9. The highest BCUT2D eigenvalue weighted by Gasteiger charge is 2.38. The molecule has 1 aliphatic heterocycles. The third-order valence-electron chi connectivity index (χ3n) is 5.00. The molecule has 1 N–H and O–H groups in total. The Hall–Kier alpha value is -4.53. The van der Waals surface area contributed by atoms with Gasteiger partial charge in [-0.25, -0.2) is 18.5 Å². The van der Waals surface area contributed by atoms with E-state index in [9.17, 15) is 23.2 Å². The summed E-state index contributed by atoms with van der Waals surface area (Å²) in [7, 11) is 1.46. The van der Waals surface area contributed by atoms with Crippen LogP contribution in [-0.4, -0.2) is 25.0 Å². The second kappa shape index (κ2) is 9.53. The fourth-order valence-corrected chi connectivity index (χ4v) is 3.34. The molecule has 0 aromatic heterocycles. The number of ether oxygens (including phenoxy) is 2. The molecule has 34 heavy (non-hydrogen) atoms. The largest absolute Gasteiger partial charge is 0.497 e. The summed E-state index contributed by atoms with van der Waals surface area (Å²) in [4.78, 5) is 38.4. The van der Waals surface area contributed by atoms with E-state index in [0.717, 1.165) is 6.07 Å².